The number of halogens is 2. The maximum Gasteiger partial charge on any atom is 0.244 e. The second-order valence-corrected chi connectivity index (χ2v) is 8.21. The smallest absolute Gasteiger partial charge is 0.244 e. The molecule has 1 saturated heterocycles. The fourth-order valence-electron chi connectivity index (χ4n) is 2.74. The van der Waals surface area contributed by atoms with Crippen LogP contribution in [0.1, 0.15) is 26.7 Å². The molecule has 3 atom stereocenters. The Morgan fingerprint density at radius 2 is 2.16 bits per heavy atom. The van der Waals surface area contributed by atoms with Gasteiger partial charge in [-0.25, -0.2) is 13.1 Å². The number of methoxy groups -OCH3 is 1. The molecule has 9 heteroatoms. The molecule has 0 aliphatic carbocycles. The molecule has 6 nitrogen and oxygen atoms in total. The summed E-state index contributed by atoms with van der Waals surface area (Å²) in [6.07, 6.45) is 1.45. The van der Waals surface area contributed by atoms with Crippen LogP contribution in [-0.2, 0) is 14.8 Å². The summed E-state index contributed by atoms with van der Waals surface area (Å²) in [5, 5.41) is 3.62. The van der Waals surface area contributed by atoms with Crippen LogP contribution in [-0.4, -0.2) is 46.9 Å². The third kappa shape index (κ3) is 6.27. The van der Waals surface area contributed by atoms with Crippen LogP contribution in [0.3, 0.4) is 0 Å². The first kappa shape index (κ1) is 22.5. The van der Waals surface area contributed by atoms with Crippen molar-refractivity contribution in [3.05, 3.63) is 23.2 Å². The summed E-state index contributed by atoms with van der Waals surface area (Å²) < 4.78 is 39.2. The highest BCUT2D eigenvalue weighted by molar-refractivity contribution is 7.89. The fraction of sp³-hybridized carbons (Fsp3) is 0.625. The topological polar surface area (TPSA) is 76.7 Å². The van der Waals surface area contributed by atoms with Crippen LogP contribution in [0.5, 0.6) is 5.75 Å². The second-order valence-electron chi connectivity index (χ2n) is 6.09. The summed E-state index contributed by atoms with van der Waals surface area (Å²) >= 11 is 6.01. The maximum absolute atomic E-state index is 12.8. The Morgan fingerprint density at radius 1 is 1.44 bits per heavy atom. The molecule has 144 valence electrons. The molecule has 1 aromatic carbocycles. The second kappa shape index (κ2) is 9.94. The summed E-state index contributed by atoms with van der Waals surface area (Å²) in [6.45, 7) is 5.05. The third-order valence-corrected chi connectivity index (χ3v) is 5.74. The van der Waals surface area contributed by atoms with E-state index in [0.717, 1.165) is 19.4 Å². The van der Waals surface area contributed by atoms with Crippen LogP contribution < -0.4 is 14.8 Å². The number of hydrogen-bond donors (Lipinski definition) is 2. The van der Waals surface area contributed by atoms with E-state index in [0.29, 0.717) is 11.6 Å². The predicted molar refractivity (Wildman–Crippen MR) is 101 cm³/mol. The van der Waals surface area contributed by atoms with Crippen LogP contribution in [0, 0.1) is 0 Å². The van der Waals surface area contributed by atoms with Crippen molar-refractivity contribution >= 4 is 34.0 Å². The van der Waals surface area contributed by atoms with Gasteiger partial charge in [0.2, 0.25) is 10.0 Å². The Labute approximate surface area is 161 Å². The van der Waals surface area contributed by atoms with Gasteiger partial charge in [0, 0.05) is 24.2 Å². The summed E-state index contributed by atoms with van der Waals surface area (Å²) in [6, 6.07) is 4.52. The molecule has 0 amide bonds. The molecular formula is C16H26Cl2N2O4S. The van der Waals surface area contributed by atoms with E-state index in [1.807, 2.05) is 13.8 Å². The van der Waals surface area contributed by atoms with Crippen molar-refractivity contribution in [2.24, 2.45) is 0 Å². The van der Waals surface area contributed by atoms with E-state index in [1.165, 1.54) is 6.07 Å². The number of nitrogens with one attached hydrogen (secondary N) is 2. The van der Waals surface area contributed by atoms with Gasteiger partial charge in [-0.15, -0.1) is 12.4 Å². The SMILES string of the molecule is COCC(C)Oc1ccc(Cl)cc1S(=O)(=O)NC1CCCNC1C.Cl. The van der Waals surface area contributed by atoms with Crippen LogP contribution >= 0.6 is 24.0 Å². The highest BCUT2D eigenvalue weighted by Crippen LogP contribution is 2.29. The lowest BCUT2D eigenvalue weighted by atomic mass is 10.0. The molecule has 1 fully saturated rings. The summed E-state index contributed by atoms with van der Waals surface area (Å²) in [4.78, 5) is 0.0516. The Bertz CT molecular complexity index is 658. The number of hydrogen-bond acceptors (Lipinski definition) is 5. The maximum atomic E-state index is 12.8. The van der Waals surface area contributed by atoms with Crippen LogP contribution in [0.25, 0.3) is 0 Å². The molecule has 1 aliphatic rings. The largest absolute Gasteiger partial charge is 0.487 e. The predicted octanol–water partition coefficient (Wildman–Crippen LogP) is 2.59. The minimum absolute atomic E-state index is 0. The Morgan fingerprint density at radius 3 is 2.80 bits per heavy atom. The third-order valence-electron chi connectivity index (χ3n) is 3.99. The first-order valence-electron chi connectivity index (χ1n) is 8.04. The molecule has 2 N–H and O–H groups in total. The standard InChI is InChI=1S/C16H25ClN2O4S.ClH/c1-11(10-22-3)23-15-7-6-13(17)9-16(15)24(20,21)19-14-5-4-8-18-12(14)2;/h6-7,9,11-12,14,18-19H,4-5,8,10H2,1-3H3;1H. The van der Waals surface area contributed by atoms with Gasteiger partial charge in [0.05, 0.1) is 6.61 Å². The highest BCUT2D eigenvalue weighted by atomic mass is 35.5. The van der Waals surface area contributed by atoms with Gasteiger partial charge in [-0.1, -0.05) is 11.6 Å². The molecule has 0 radical (unpaired) electrons. The van der Waals surface area contributed by atoms with Crippen molar-refractivity contribution in [3.8, 4) is 5.75 Å². The van der Waals surface area contributed by atoms with Gasteiger partial charge in [-0.2, -0.15) is 0 Å². The zero-order valence-electron chi connectivity index (χ0n) is 14.6. The quantitative estimate of drug-likeness (QED) is 0.719. The molecule has 0 spiro atoms. The molecule has 1 aliphatic heterocycles. The van der Waals surface area contributed by atoms with Gasteiger partial charge in [0.1, 0.15) is 16.7 Å². The number of rotatable bonds is 7. The van der Waals surface area contributed by atoms with E-state index < -0.39 is 10.0 Å². The number of benzene rings is 1. The van der Waals surface area contributed by atoms with Crippen molar-refractivity contribution in [3.63, 3.8) is 0 Å². The van der Waals surface area contributed by atoms with E-state index in [4.69, 9.17) is 21.1 Å². The molecule has 0 bridgehead atoms. The number of ether oxygens (including phenoxy) is 2. The van der Waals surface area contributed by atoms with Gasteiger partial charge in [-0.05, 0) is 51.4 Å². The Hall–Kier alpha value is -0.570. The summed E-state index contributed by atoms with van der Waals surface area (Å²) in [7, 11) is -2.18. The average molecular weight is 413 g/mol. The van der Waals surface area contributed by atoms with Crippen LogP contribution in [0.15, 0.2) is 23.1 Å². The van der Waals surface area contributed by atoms with Crippen molar-refractivity contribution in [2.75, 3.05) is 20.3 Å². The van der Waals surface area contributed by atoms with Gasteiger partial charge >= 0.3 is 0 Å². The fourth-order valence-corrected chi connectivity index (χ4v) is 4.49. The molecule has 1 aromatic rings. The average Bonchev–Trinajstić information content (AvgIpc) is 2.51. The van der Waals surface area contributed by atoms with Crippen molar-refractivity contribution < 1.29 is 17.9 Å². The van der Waals surface area contributed by atoms with Crippen LogP contribution in [0.4, 0.5) is 0 Å². The van der Waals surface area contributed by atoms with E-state index >= 15 is 0 Å². The number of sulfonamides is 1. The first-order chi connectivity index (χ1) is 11.3. The normalized spacial score (nSPS) is 22.1. The van der Waals surface area contributed by atoms with Crippen molar-refractivity contribution in [2.45, 2.75) is 49.8 Å². The lowest BCUT2D eigenvalue weighted by Gasteiger charge is -2.30. The first-order valence-corrected chi connectivity index (χ1v) is 9.90. The molecule has 25 heavy (non-hydrogen) atoms. The van der Waals surface area contributed by atoms with Gasteiger partial charge in [0.25, 0.3) is 0 Å². The zero-order valence-corrected chi connectivity index (χ0v) is 17.0. The van der Waals surface area contributed by atoms with Gasteiger partial charge in [0.15, 0.2) is 0 Å². The lowest BCUT2D eigenvalue weighted by Crippen LogP contribution is -2.51. The molecule has 0 saturated carbocycles. The van der Waals surface area contributed by atoms with Crippen LogP contribution in [0.2, 0.25) is 5.02 Å². The molecule has 3 unspecified atom stereocenters. The molecule has 2 rings (SSSR count). The summed E-state index contributed by atoms with van der Waals surface area (Å²) in [5.41, 5.74) is 0. The van der Waals surface area contributed by atoms with E-state index in [9.17, 15) is 8.42 Å². The Kier molecular flexibility index (Phi) is 8.94. The lowest BCUT2D eigenvalue weighted by molar-refractivity contribution is 0.0901. The highest BCUT2D eigenvalue weighted by Gasteiger charge is 2.29. The van der Waals surface area contributed by atoms with E-state index in [-0.39, 0.29) is 41.2 Å². The summed E-state index contributed by atoms with van der Waals surface area (Å²) in [5.74, 6) is 0.271. The minimum atomic E-state index is -3.75. The molecule has 1 heterocycles. The monoisotopic (exact) mass is 412 g/mol. The van der Waals surface area contributed by atoms with E-state index in [2.05, 4.69) is 10.0 Å². The molecule has 0 aromatic heterocycles. The Balaban J connectivity index is 0.00000312. The van der Waals surface area contributed by atoms with E-state index in [1.54, 1.807) is 19.2 Å². The minimum Gasteiger partial charge on any atom is -0.487 e. The van der Waals surface area contributed by atoms with Crippen molar-refractivity contribution in [1.82, 2.24) is 10.0 Å². The van der Waals surface area contributed by atoms with Gasteiger partial charge < -0.3 is 14.8 Å². The molecular weight excluding hydrogens is 387 g/mol. The van der Waals surface area contributed by atoms with Gasteiger partial charge in [-0.3, -0.25) is 0 Å². The zero-order chi connectivity index (χ0) is 17.7. The van der Waals surface area contributed by atoms with Crippen molar-refractivity contribution in [1.29, 1.82) is 0 Å². The number of piperidine rings is 1.